The zero-order valence-corrected chi connectivity index (χ0v) is 15.8. The molecule has 0 saturated carbocycles. The molecule has 0 aromatic heterocycles. The maximum absolute atomic E-state index is 11.0. The van der Waals surface area contributed by atoms with Gasteiger partial charge in [0.15, 0.2) is 0 Å². The van der Waals surface area contributed by atoms with Crippen LogP contribution in [0.4, 0.5) is 0 Å². The van der Waals surface area contributed by atoms with Gasteiger partial charge in [0, 0.05) is 6.42 Å². The normalized spacial score (nSPS) is 11.9. The number of hydrogen-bond donors (Lipinski definition) is 0. The Balaban J connectivity index is 3.27. The summed E-state index contributed by atoms with van der Waals surface area (Å²) in [6.07, 6.45) is 19.4. The Bertz CT molecular complexity index is 429. The maximum Gasteiger partial charge on any atom is 0.321 e. The van der Waals surface area contributed by atoms with E-state index in [0.717, 1.165) is 32.1 Å². The molecule has 0 unspecified atom stereocenters. The van der Waals surface area contributed by atoms with Crippen molar-refractivity contribution >= 4 is 16.4 Å². The summed E-state index contributed by atoms with van der Waals surface area (Å²) in [5.41, 5.74) is 0. The molecule has 0 saturated heterocycles. The second kappa shape index (κ2) is 15.6. The molecule has 0 rings (SSSR count). The van der Waals surface area contributed by atoms with Crippen molar-refractivity contribution in [3.8, 4) is 0 Å². The van der Waals surface area contributed by atoms with Crippen molar-refractivity contribution in [1.29, 1.82) is 0 Å². The molecule has 0 spiro atoms. The monoisotopic (exact) mass is 361 g/mol. The topological polar surface area (TPSA) is 83.5 Å². The van der Waals surface area contributed by atoms with Crippen molar-refractivity contribution < 1.29 is 21.9 Å². The molecule has 0 bridgehead atoms. The van der Waals surface area contributed by atoms with Crippen LogP contribution in [0.15, 0.2) is 12.2 Å². The van der Waals surface area contributed by atoms with Gasteiger partial charge in [-0.1, -0.05) is 70.4 Å². The molecule has 0 aliphatic carbocycles. The molecule has 0 aliphatic rings. The third-order valence-electron chi connectivity index (χ3n) is 3.84. The summed E-state index contributed by atoms with van der Waals surface area (Å²) in [7, 11) is -4.90. The van der Waals surface area contributed by atoms with Crippen LogP contribution in [0.5, 0.6) is 0 Å². The van der Waals surface area contributed by atoms with E-state index in [1.54, 1.807) is 0 Å². The van der Waals surface area contributed by atoms with E-state index in [1.807, 2.05) is 0 Å². The first-order valence-corrected chi connectivity index (χ1v) is 10.6. The van der Waals surface area contributed by atoms with E-state index in [0.29, 0.717) is 6.42 Å². The van der Waals surface area contributed by atoms with Crippen LogP contribution in [-0.4, -0.2) is 18.9 Å². The number of hydrogen-bond acceptors (Lipinski definition) is 5. The van der Waals surface area contributed by atoms with Crippen LogP contribution in [-0.2, 0) is 19.4 Å². The molecule has 0 N–H and O–H groups in total. The summed E-state index contributed by atoms with van der Waals surface area (Å²) in [4.78, 5) is 11.0. The van der Waals surface area contributed by atoms with Crippen LogP contribution in [0.25, 0.3) is 0 Å². The maximum atomic E-state index is 11.0. The second-order valence-corrected chi connectivity index (χ2v) is 7.18. The summed E-state index contributed by atoms with van der Waals surface area (Å²) in [5.74, 6) is -0.956. The molecule has 0 radical (unpaired) electrons. The lowest BCUT2D eigenvalue weighted by Gasteiger charge is -2.06. The third kappa shape index (κ3) is 19.2. The van der Waals surface area contributed by atoms with Gasteiger partial charge < -0.3 is 8.74 Å². The van der Waals surface area contributed by atoms with Crippen molar-refractivity contribution in [1.82, 2.24) is 0 Å². The highest BCUT2D eigenvalue weighted by molar-refractivity contribution is 7.81. The molecule has 24 heavy (non-hydrogen) atoms. The highest BCUT2D eigenvalue weighted by atomic mass is 32.3. The van der Waals surface area contributed by atoms with Gasteiger partial charge in [0.25, 0.3) is 10.4 Å². The summed E-state index contributed by atoms with van der Waals surface area (Å²) in [5, 5.41) is 0. The van der Waals surface area contributed by atoms with E-state index in [4.69, 9.17) is 0 Å². The Morgan fingerprint density at radius 2 is 1.29 bits per heavy atom. The van der Waals surface area contributed by atoms with Crippen molar-refractivity contribution in [2.45, 2.75) is 96.8 Å². The van der Waals surface area contributed by atoms with Gasteiger partial charge in [-0.05, 0) is 32.1 Å². The third-order valence-corrected chi connectivity index (χ3v) is 4.23. The number of rotatable bonds is 16. The Morgan fingerprint density at radius 1 is 0.833 bits per heavy atom. The Labute approximate surface area is 147 Å². The zero-order valence-electron chi connectivity index (χ0n) is 15.0. The fourth-order valence-electron chi connectivity index (χ4n) is 2.50. The fraction of sp³-hybridized carbons (Fsp3) is 0.833. The Kier molecular flexibility index (Phi) is 15.1. The van der Waals surface area contributed by atoms with Gasteiger partial charge in [-0.25, -0.2) is 8.42 Å². The van der Waals surface area contributed by atoms with Crippen LogP contribution >= 0.6 is 0 Å². The van der Waals surface area contributed by atoms with Gasteiger partial charge in [0.2, 0.25) is 0 Å². The van der Waals surface area contributed by atoms with E-state index >= 15 is 0 Å². The first-order valence-electron chi connectivity index (χ1n) is 9.29. The summed E-state index contributed by atoms with van der Waals surface area (Å²) in [6, 6.07) is 0. The molecule has 0 aliphatic heterocycles. The van der Waals surface area contributed by atoms with Crippen molar-refractivity contribution in [2.75, 3.05) is 0 Å². The van der Waals surface area contributed by atoms with Crippen LogP contribution in [0.2, 0.25) is 0 Å². The van der Waals surface area contributed by atoms with Gasteiger partial charge in [-0.2, -0.15) is 0 Å². The van der Waals surface area contributed by atoms with E-state index in [2.05, 4.69) is 23.3 Å². The quantitative estimate of drug-likeness (QED) is 0.167. The summed E-state index contributed by atoms with van der Waals surface area (Å²) >= 11 is 0. The van der Waals surface area contributed by atoms with Gasteiger partial charge in [-0.3, -0.25) is 4.79 Å². The molecule has 0 heterocycles. The standard InChI is InChI=1S/C18H34O5S/c1-2-3-4-5-6-7-8-9-10-11-12-13-14-15-16-17-18(19)23-24(20,21)22/h9-10H,2-8,11-17H2,1H3,(H,20,21,22)/p-1/b10-9+. The van der Waals surface area contributed by atoms with Gasteiger partial charge in [-0.15, -0.1) is 0 Å². The zero-order chi connectivity index (χ0) is 18.1. The van der Waals surface area contributed by atoms with E-state index in [9.17, 15) is 17.8 Å². The molecule has 0 aromatic rings. The van der Waals surface area contributed by atoms with Crippen LogP contribution in [0.3, 0.4) is 0 Å². The molecular weight excluding hydrogens is 328 g/mol. The number of allylic oxidation sites excluding steroid dienone is 2. The minimum absolute atomic E-state index is 0.0143. The first kappa shape index (κ1) is 23.1. The molecule has 5 nitrogen and oxygen atoms in total. The smallest absolute Gasteiger partial charge is 0.321 e. The lowest BCUT2D eigenvalue weighted by Crippen LogP contribution is -2.11. The lowest BCUT2D eigenvalue weighted by molar-refractivity contribution is -0.134. The summed E-state index contributed by atoms with van der Waals surface area (Å²) < 4.78 is 34.3. The fourth-order valence-corrected chi connectivity index (χ4v) is 2.81. The van der Waals surface area contributed by atoms with Crippen LogP contribution in [0, 0.1) is 0 Å². The molecule has 0 atom stereocenters. The Morgan fingerprint density at radius 3 is 1.79 bits per heavy atom. The second-order valence-electron chi connectivity index (χ2n) is 6.20. The average molecular weight is 362 g/mol. The molecular formula is C18H33O5S-. The lowest BCUT2D eigenvalue weighted by atomic mass is 10.1. The molecule has 0 fully saturated rings. The van der Waals surface area contributed by atoms with E-state index < -0.39 is 16.4 Å². The van der Waals surface area contributed by atoms with Crippen molar-refractivity contribution in [3.05, 3.63) is 12.2 Å². The predicted molar refractivity (Wildman–Crippen MR) is 95.2 cm³/mol. The predicted octanol–water partition coefficient (Wildman–Crippen LogP) is 5.03. The number of carbonyl (C=O) groups excluding carboxylic acids is 1. The number of unbranched alkanes of at least 4 members (excludes halogenated alkanes) is 11. The Hall–Kier alpha value is -0.880. The van der Waals surface area contributed by atoms with Crippen molar-refractivity contribution in [3.63, 3.8) is 0 Å². The van der Waals surface area contributed by atoms with Crippen LogP contribution < -0.4 is 0 Å². The SMILES string of the molecule is CCCCCCCC/C=C/CCCCCCCC(=O)OS(=O)(=O)[O-]. The molecule has 0 amide bonds. The minimum atomic E-state index is -4.90. The van der Waals surface area contributed by atoms with Crippen LogP contribution in [0.1, 0.15) is 96.8 Å². The van der Waals surface area contributed by atoms with Gasteiger partial charge in [0.05, 0.1) is 0 Å². The first-order chi connectivity index (χ1) is 11.5. The molecule has 0 aromatic carbocycles. The number of carbonyl (C=O) groups is 1. The van der Waals surface area contributed by atoms with Gasteiger partial charge >= 0.3 is 5.97 Å². The van der Waals surface area contributed by atoms with Crippen molar-refractivity contribution in [2.24, 2.45) is 0 Å². The minimum Gasteiger partial charge on any atom is -0.716 e. The molecule has 142 valence electrons. The summed E-state index contributed by atoms with van der Waals surface area (Å²) in [6.45, 7) is 2.23. The van der Waals surface area contributed by atoms with E-state index in [1.165, 1.54) is 44.9 Å². The highest BCUT2D eigenvalue weighted by Gasteiger charge is 2.06. The highest BCUT2D eigenvalue weighted by Crippen LogP contribution is 2.10. The largest absolute Gasteiger partial charge is 0.716 e. The average Bonchev–Trinajstić information content (AvgIpc) is 2.49. The molecule has 6 heteroatoms. The van der Waals surface area contributed by atoms with E-state index in [-0.39, 0.29) is 6.42 Å². The van der Waals surface area contributed by atoms with Gasteiger partial charge in [0.1, 0.15) is 0 Å².